The van der Waals surface area contributed by atoms with Crippen molar-refractivity contribution in [2.75, 3.05) is 0 Å². The van der Waals surface area contributed by atoms with Gasteiger partial charge < -0.3 is 4.57 Å². The van der Waals surface area contributed by atoms with Crippen LogP contribution in [-0.4, -0.2) is 27.8 Å². The van der Waals surface area contributed by atoms with Gasteiger partial charge in [-0.2, -0.15) is 11.3 Å². The van der Waals surface area contributed by atoms with Crippen LogP contribution in [0.3, 0.4) is 0 Å². The number of imidazole rings is 1. The van der Waals surface area contributed by atoms with Crippen LogP contribution in [0.15, 0.2) is 156 Å². The van der Waals surface area contributed by atoms with Crippen molar-refractivity contribution in [3.8, 4) is 39.5 Å². The van der Waals surface area contributed by atoms with Gasteiger partial charge in [0.05, 0.1) is 16.9 Å². The number of pyridine rings is 1. The minimum atomic E-state index is -1.98. The molecule has 67 heavy (non-hydrogen) atoms. The maximum Gasteiger partial charge on any atom is 0.0774 e. The Labute approximate surface area is 414 Å². The van der Waals surface area contributed by atoms with Crippen LogP contribution in [0.5, 0.6) is 0 Å². The van der Waals surface area contributed by atoms with Gasteiger partial charge in [-0.1, -0.05) is 92.4 Å². The minimum Gasteiger partial charge on any atom is -0.333 e. The van der Waals surface area contributed by atoms with Crippen LogP contribution in [0.2, 0.25) is 17.3 Å². The van der Waals surface area contributed by atoms with Gasteiger partial charge in [-0.25, -0.2) is 0 Å². The summed E-state index contributed by atoms with van der Waals surface area (Å²) in [6.45, 7) is 13.5. The summed E-state index contributed by atoms with van der Waals surface area (Å²) < 4.78 is 12.6. The first-order valence-electron chi connectivity index (χ1n) is 23.1. The van der Waals surface area contributed by atoms with Crippen LogP contribution in [0.4, 0.5) is 0 Å². The van der Waals surface area contributed by atoms with Gasteiger partial charge in [-0.05, 0) is 69.4 Å². The fourth-order valence-electron chi connectivity index (χ4n) is 9.30. The molecule has 4 heterocycles. The second kappa shape index (κ2) is 18.5. The molecular formula is C60H55GeIrN3OS-2. The summed E-state index contributed by atoms with van der Waals surface area (Å²) in [4.78, 5) is 10.1. The van der Waals surface area contributed by atoms with Crippen LogP contribution < -0.4 is 4.40 Å². The molecule has 4 nitrogen and oxygen atoms in total. The monoisotopic (exact) mass is 1130 g/mol. The van der Waals surface area contributed by atoms with E-state index in [0.29, 0.717) is 5.92 Å². The van der Waals surface area contributed by atoms with E-state index in [2.05, 4.69) is 203 Å². The van der Waals surface area contributed by atoms with Crippen molar-refractivity contribution in [1.29, 1.82) is 0 Å². The molecule has 7 heteroatoms. The van der Waals surface area contributed by atoms with E-state index in [4.69, 9.17) is 14.4 Å². The number of aromatic nitrogens is 3. The minimum absolute atomic E-state index is 0. The van der Waals surface area contributed by atoms with E-state index in [-0.39, 0.29) is 25.5 Å². The second-order valence-corrected chi connectivity index (χ2v) is 31.7. The van der Waals surface area contributed by atoms with Gasteiger partial charge in [0.25, 0.3) is 0 Å². The smallest absolute Gasteiger partial charge is 0.0774 e. The predicted molar refractivity (Wildman–Crippen MR) is 284 cm³/mol. The first kappa shape index (κ1) is 46.5. The van der Waals surface area contributed by atoms with Crippen molar-refractivity contribution >= 4 is 82.1 Å². The van der Waals surface area contributed by atoms with E-state index in [0.717, 1.165) is 67.7 Å². The summed E-state index contributed by atoms with van der Waals surface area (Å²) in [6, 6.07) is 58.5. The number of aryl methyl sites for hydroxylation is 1. The zero-order chi connectivity index (χ0) is 45.9. The quantitative estimate of drug-likeness (QED) is 0.118. The Morgan fingerprint density at radius 2 is 1.45 bits per heavy atom. The Bertz CT molecular complexity index is 3590. The van der Waals surface area contributed by atoms with Crippen molar-refractivity contribution in [1.82, 2.24) is 14.5 Å². The third-order valence-electron chi connectivity index (χ3n) is 12.6. The average molecular weight is 1130 g/mol. The number of para-hydroxylation sites is 3. The summed E-state index contributed by atoms with van der Waals surface area (Å²) in [7, 11) is 0. The number of rotatable bonds is 7. The van der Waals surface area contributed by atoms with Crippen LogP contribution in [0.1, 0.15) is 51.3 Å². The number of furan rings is 1. The van der Waals surface area contributed by atoms with Gasteiger partial charge in [0, 0.05) is 36.1 Å². The van der Waals surface area contributed by atoms with Crippen LogP contribution in [0.25, 0.3) is 92.6 Å². The van der Waals surface area contributed by atoms with Crippen molar-refractivity contribution in [3.63, 3.8) is 0 Å². The first-order chi connectivity index (χ1) is 31.7. The number of thiophene rings is 1. The molecule has 0 atom stereocenters. The second-order valence-electron chi connectivity index (χ2n) is 20.1. The van der Waals surface area contributed by atoms with Gasteiger partial charge in [0.15, 0.2) is 0 Å². The molecule has 0 N–H and O–H groups in total. The number of hydrogen-bond acceptors (Lipinski definition) is 4. The number of benzene rings is 7. The Morgan fingerprint density at radius 1 is 0.731 bits per heavy atom. The molecule has 0 saturated carbocycles. The van der Waals surface area contributed by atoms with Crippen molar-refractivity contribution in [3.05, 3.63) is 181 Å². The molecule has 0 saturated heterocycles. The zero-order valence-corrected chi connectivity index (χ0v) is 45.0. The Balaban J connectivity index is 0.000000177. The van der Waals surface area contributed by atoms with Gasteiger partial charge in [0.2, 0.25) is 0 Å². The molecule has 0 aliphatic rings. The molecule has 0 aliphatic carbocycles. The normalized spacial score (nSPS) is 12.0. The van der Waals surface area contributed by atoms with Gasteiger partial charge in [-0.15, -0.1) is 18.2 Å². The molecule has 11 aromatic rings. The van der Waals surface area contributed by atoms with Crippen molar-refractivity contribution < 1.29 is 24.5 Å². The topological polar surface area (TPSA) is 43.9 Å². The molecule has 337 valence electrons. The molecule has 0 aliphatic heterocycles. The summed E-state index contributed by atoms with van der Waals surface area (Å²) in [5.41, 5.74) is 14.4. The summed E-state index contributed by atoms with van der Waals surface area (Å²) >= 11 is -0.144. The summed E-state index contributed by atoms with van der Waals surface area (Å²) in [5, 5.41) is 4.82. The fourth-order valence-corrected chi connectivity index (χ4v) is 13.9. The molecule has 4 aromatic heterocycles. The standard InChI is InChI=1S/C36H29N2S.C24H26GeNO.Ir/c1-23-17-19-26-27-13-10-14-28(34(27)39-33(26)21-23)35-37-30-15-8-9-16-32(30)38(35)31-20-18-25(36(2,3)4)22-29(31)24-11-6-5-7-12-24;1-16(2)13-17-14-22(26-15-21(17)25(3,4)5)20-11-8-10-19-18-9-6-7-12-23(18)27-24(19)20;/h5-13,15-22H,1-4H3;6-10,12,14-16H,13H2,1-5H3;/q2*-1;. The molecule has 0 amide bonds. The Morgan fingerprint density at radius 3 is 2.21 bits per heavy atom. The maximum atomic E-state index is 6.20. The first-order valence-corrected chi connectivity index (χ1v) is 31.2. The van der Waals surface area contributed by atoms with Gasteiger partial charge >= 0.3 is 164 Å². The molecule has 0 fully saturated rings. The van der Waals surface area contributed by atoms with E-state index in [1.54, 1.807) is 0 Å². The Hall–Kier alpha value is -5.63. The summed E-state index contributed by atoms with van der Waals surface area (Å²) in [5.74, 6) is 8.85. The third-order valence-corrected chi connectivity index (χ3v) is 18.1. The van der Waals surface area contributed by atoms with E-state index in [1.807, 2.05) is 35.6 Å². The average Bonchev–Trinajstić information content (AvgIpc) is 3.99. The molecule has 11 rings (SSSR count). The van der Waals surface area contributed by atoms with E-state index in [9.17, 15) is 0 Å². The number of fused-ring (bicyclic) bond motifs is 7. The Kier molecular flexibility index (Phi) is 12.8. The molecule has 0 bridgehead atoms. The van der Waals surface area contributed by atoms with Gasteiger partial charge in [-0.3, -0.25) is 4.98 Å². The van der Waals surface area contributed by atoms with Crippen LogP contribution in [0, 0.1) is 25.0 Å². The van der Waals surface area contributed by atoms with E-state index < -0.39 is 13.3 Å². The SMILES string of the molecule is CC(C)Cc1cc(-c2[c-]ccc3c2oc2ccccc23)nc[c]1[Ge]([CH3])([CH3])[CH3].Cc1ccc2c(c1)sc1c(-c3nc4ccccc4n3-c3ccc(C(C)(C)C)cc3-c3ccccc3)[c-]ccc12.[Ir]. The predicted octanol–water partition coefficient (Wildman–Crippen LogP) is 16.3. The largest absolute Gasteiger partial charge is 0.333 e. The zero-order valence-electron chi connectivity index (χ0n) is 39.7. The van der Waals surface area contributed by atoms with Crippen molar-refractivity contribution in [2.24, 2.45) is 5.92 Å². The van der Waals surface area contributed by atoms with E-state index in [1.165, 1.54) is 52.4 Å². The van der Waals surface area contributed by atoms with Crippen LogP contribution >= 0.6 is 11.3 Å². The molecule has 0 unspecified atom stereocenters. The molecular weight excluding hydrogens is 1080 g/mol. The van der Waals surface area contributed by atoms with E-state index >= 15 is 0 Å². The molecule has 0 spiro atoms. The number of hydrogen-bond donors (Lipinski definition) is 0. The maximum absolute atomic E-state index is 6.20. The molecule has 1 radical (unpaired) electrons. The van der Waals surface area contributed by atoms with Crippen molar-refractivity contribution in [2.45, 2.75) is 70.6 Å². The molecule has 7 aromatic carbocycles. The summed E-state index contributed by atoms with van der Waals surface area (Å²) in [6.07, 6.45) is 3.21. The van der Waals surface area contributed by atoms with Gasteiger partial charge in [0.1, 0.15) is 0 Å². The fraction of sp³-hybridized carbons (Fsp3) is 0.200. The third kappa shape index (κ3) is 8.98. The number of nitrogens with zero attached hydrogens (tertiary/aromatic N) is 3. The van der Waals surface area contributed by atoms with Crippen LogP contribution in [-0.2, 0) is 31.9 Å².